The van der Waals surface area contributed by atoms with Gasteiger partial charge in [0.05, 0.1) is 16.7 Å². The predicted octanol–water partition coefficient (Wildman–Crippen LogP) is 2.78. The summed E-state index contributed by atoms with van der Waals surface area (Å²) in [6.07, 6.45) is 2.70. The molecule has 1 unspecified atom stereocenters. The van der Waals surface area contributed by atoms with Crippen molar-refractivity contribution in [3.05, 3.63) is 35.9 Å². The number of ether oxygens (including phenoxy) is 1. The molecule has 0 bridgehead atoms. The first-order valence-electron chi connectivity index (χ1n) is 11.1. The van der Waals surface area contributed by atoms with Crippen LogP contribution in [0.4, 0.5) is 0 Å². The summed E-state index contributed by atoms with van der Waals surface area (Å²) >= 11 is 3.54. The van der Waals surface area contributed by atoms with Crippen molar-refractivity contribution in [3.8, 4) is 0 Å². The number of amides is 1. The Bertz CT molecular complexity index is 801. The van der Waals surface area contributed by atoms with Crippen molar-refractivity contribution in [1.82, 2.24) is 10.2 Å². The number of aryl methyl sites for hydroxylation is 1. The van der Waals surface area contributed by atoms with Gasteiger partial charge in [0, 0.05) is 13.0 Å². The van der Waals surface area contributed by atoms with Crippen LogP contribution in [0.5, 0.6) is 0 Å². The van der Waals surface area contributed by atoms with Gasteiger partial charge in [0.15, 0.2) is 0 Å². The third-order valence-corrected chi connectivity index (χ3v) is 9.17. The molecule has 0 aliphatic carbocycles. The number of hydrogen-bond donors (Lipinski definition) is 2. The van der Waals surface area contributed by atoms with Gasteiger partial charge >= 0.3 is 11.9 Å². The fraction of sp³-hybridized carbons (Fsp3) is 0.609. The molecule has 1 aromatic rings. The number of nitrogens with zero attached hydrogens (tertiary/aromatic N) is 1. The van der Waals surface area contributed by atoms with Crippen molar-refractivity contribution < 1.29 is 24.2 Å². The maximum atomic E-state index is 13.3. The van der Waals surface area contributed by atoms with Crippen LogP contribution in [-0.2, 0) is 25.5 Å². The zero-order chi connectivity index (χ0) is 23.1. The monoisotopic (exact) mass is 480 g/mol. The molecule has 0 radical (unpaired) electrons. The molecule has 3 atom stereocenters. The van der Waals surface area contributed by atoms with Crippen molar-refractivity contribution >= 4 is 41.4 Å². The lowest BCUT2D eigenvalue weighted by Crippen LogP contribution is -2.53. The largest absolute Gasteiger partial charge is 0.480 e. The number of hydrogen-bond acceptors (Lipinski definition) is 7. The van der Waals surface area contributed by atoms with Gasteiger partial charge < -0.3 is 14.7 Å². The fourth-order valence-electron chi connectivity index (χ4n) is 4.21. The molecule has 2 aliphatic heterocycles. The second-order valence-corrected chi connectivity index (χ2v) is 11.4. The Morgan fingerprint density at radius 2 is 1.94 bits per heavy atom. The minimum atomic E-state index is -0.972. The average molecular weight is 481 g/mol. The zero-order valence-electron chi connectivity index (χ0n) is 18.6. The number of esters is 1. The van der Waals surface area contributed by atoms with E-state index in [1.54, 1.807) is 37.4 Å². The van der Waals surface area contributed by atoms with Gasteiger partial charge in [-0.25, -0.2) is 4.79 Å². The molecule has 1 amide bonds. The Morgan fingerprint density at radius 3 is 2.56 bits per heavy atom. The standard InChI is InChI=1S/C23H32N2O5S2/c1-3-30-22(29)18(11-10-17-8-5-4-6-9-17)24-16(2)20(26)25-15-23(14-19(25)21(27)28)31-12-7-13-32-23/h4-6,8-9,16,18-19,24H,3,7,10-15H2,1-2H3,(H,27,28)/t16-,18?,19-/m0/s1. The molecule has 9 heteroatoms. The molecule has 7 nitrogen and oxygen atoms in total. The molecule has 3 rings (SSSR count). The van der Waals surface area contributed by atoms with Crippen molar-refractivity contribution in [3.63, 3.8) is 0 Å². The van der Waals surface area contributed by atoms with Gasteiger partial charge in [-0.1, -0.05) is 30.3 Å². The molecule has 0 aromatic heterocycles. The number of benzene rings is 1. The van der Waals surface area contributed by atoms with Crippen LogP contribution in [0.15, 0.2) is 30.3 Å². The number of carbonyl (C=O) groups excluding carboxylic acids is 2. The van der Waals surface area contributed by atoms with Crippen LogP contribution in [-0.4, -0.2) is 74.7 Å². The second kappa shape index (κ2) is 11.4. The Morgan fingerprint density at radius 1 is 1.25 bits per heavy atom. The normalized spacial score (nSPS) is 21.8. The number of carbonyl (C=O) groups is 3. The maximum absolute atomic E-state index is 13.3. The van der Waals surface area contributed by atoms with Crippen LogP contribution in [0.3, 0.4) is 0 Å². The van der Waals surface area contributed by atoms with Crippen LogP contribution in [0, 0.1) is 0 Å². The third-order valence-electron chi connectivity index (χ3n) is 5.84. The summed E-state index contributed by atoms with van der Waals surface area (Å²) in [6, 6.07) is 7.65. The molecule has 0 saturated carbocycles. The van der Waals surface area contributed by atoms with Crippen LogP contribution in [0.1, 0.15) is 38.7 Å². The van der Waals surface area contributed by atoms with Crippen LogP contribution < -0.4 is 5.32 Å². The molecule has 2 saturated heterocycles. The van der Waals surface area contributed by atoms with Gasteiger partial charge in [0.25, 0.3) is 0 Å². The predicted molar refractivity (Wildman–Crippen MR) is 128 cm³/mol. The molecule has 2 heterocycles. The Kier molecular flexibility index (Phi) is 8.90. The SMILES string of the molecule is CCOC(=O)C(CCc1ccccc1)N[C@@H](C)C(=O)N1CC2(C[C@H]1C(=O)O)SCCCS2. The van der Waals surface area contributed by atoms with E-state index in [9.17, 15) is 19.5 Å². The molecule has 176 valence electrons. The molecule has 1 spiro atoms. The van der Waals surface area contributed by atoms with Gasteiger partial charge in [-0.05, 0) is 50.2 Å². The fourth-order valence-corrected chi connectivity index (χ4v) is 7.56. The summed E-state index contributed by atoms with van der Waals surface area (Å²) < 4.78 is 4.98. The summed E-state index contributed by atoms with van der Waals surface area (Å²) in [5.41, 5.74) is 1.10. The summed E-state index contributed by atoms with van der Waals surface area (Å²) in [5, 5.41) is 12.9. The smallest absolute Gasteiger partial charge is 0.326 e. The van der Waals surface area contributed by atoms with E-state index in [1.807, 2.05) is 30.3 Å². The third kappa shape index (κ3) is 6.20. The van der Waals surface area contributed by atoms with Gasteiger partial charge in [-0.3, -0.25) is 14.9 Å². The first-order chi connectivity index (χ1) is 15.3. The Labute approximate surface area is 198 Å². The van der Waals surface area contributed by atoms with E-state index in [0.29, 0.717) is 25.8 Å². The highest BCUT2D eigenvalue weighted by molar-refractivity contribution is 8.18. The van der Waals surface area contributed by atoms with Crippen molar-refractivity contribution in [2.75, 3.05) is 24.7 Å². The van der Waals surface area contributed by atoms with E-state index in [2.05, 4.69) is 5.32 Å². The number of carboxylic acids is 1. The van der Waals surface area contributed by atoms with Gasteiger partial charge in [-0.15, -0.1) is 23.5 Å². The average Bonchev–Trinajstić information content (AvgIpc) is 3.16. The molecule has 1 aromatic carbocycles. The second-order valence-electron chi connectivity index (χ2n) is 8.20. The lowest BCUT2D eigenvalue weighted by Gasteiger charge is -2.32. The maximum Gasteiger partial charge on any atom is 0.326 e. The van der Waals surface area contributed by atoms with Gasteiger partial charge in [-0.2, -0.15) is 0 Å². The van der Waals surface area contributed by atoms with E-state index in [4.69, 9.17) is 4.74 Å². The van der Waals surface area contributed by atoms with E-state index < -0.39 is 30.1 Å². The first kappa shape index (κ1) is 24.9. The number of thioether (sulfide) groups is 2. The minimum absolute atomic E-state index is 0.245. The number of rotatable bonds is 9. The van der Waals surface area contributed by atoms with E-state index in [1.165, 1.54) is 4.90 Å². The van der Waals surface area contributed by atoms with Crippen molar-refractivity contribution in [2.45, 2.75) is 61.7 Å². The highest BCUT2D eigenvalue weighted by atomic mass is 32.2. The summed E-state index contributed by atoms with van der Waals surface area (Å²) in [4.78, 5) is 39.3. The molecule has 32 heavy (non-hydrogen) atoms. The van der Waals surface area contributed by atoms with Gasteiger partial charge in [0.1, 0.15) is 12.1 Å². The zero-order valence-corrected chi connectivity index (χ0v) is 20.3. The summed E-state index contributed by atoms with van der Waals surface area (Å²) in [7, 11) is 0. The highest BCUT2D eigenvalue weighted by Gasteiger charge is 2.51. The molecule has 2 N–H and O–H groups in total. The van der Waals surface area contributed by atoms with Crippen LogP contribution in [0.25, 0.3) is 0 Å². The quantitative estimate of drug-likeness (QED) is 0.521. The molecule has 2 aliphatic rings. The first-order valence-corrected chi connectivity index (χ1v) is 13.1. The van der Waals surface area contributed by atoms with Crippen LogP contribution >= 0.6 is 23.5 Å². The number of carboxylic acid groups (broad SMARTS) is 1. The number of likely N-dealkylation sites (tertiary alicyclic amines) is 1. The Hall–Kier alpha value is -1.71. The number of aliphatic carboxylic acids is 1. The lowest BCUT2D eigenvalue weighted by molar-refractivity contribution is -0.150. The lowest BCUT2D eigenvalue weighted by atomic mass is 10.0. The van der Waals surface area contributed by atoms with Gasteiger partial charge in [0.2, 0.25) is 5.91 Å². The topological polar surface area (TPSA) is 95.9 Å². The van der Waals surface area contributed by atoms with E-state index in [-0.39, 0.29) is 16.6 Å². The molecular weight excluding hydrogens is 448 g/mol. The van der Waals surface area contributed by atoms with Crippen molar-refractivity contribution in [2.24, 2.45) is 0 Å². The van der Waals surface area contributed by atoms with E-state index >= 15 is 0 Å². The highest BCUT2D eigenvalue weighted by Crippen LogP contribution is 2.50. The minimum Gasteiger partial charge on any atom is -0.480 e. The van der Waals surface area contributed by atoms with Crippen molar-refractivity contribution in [1.29, 1.82) is 0 Å². The summed E-state index contributed by atoms with van der Waals surface area (Å²) in [6.45, 7) is 4.12. The number of nitrogens with one attached hydrogen (secondary N) is 1. The molecule has 2 fully saturated rings. The van der Waals surface area contributed by atoms with Crippen LogP contribution in [0.2, 0.25) is 0 Å². The van der Waals surface area contributed by atoms with E-state index in [0.717, 1.165) is 23.5 Å². The Balaban J connectivity index is 1.68. The summed E-state index contributed by atoms with van der Waals surface area (Å²) in [5.74, 6) is 0.323. The molecular formula is C23H32N2O5S2.